The molecule has 0 aliphatic heterocycles. The average molecular weight is 379 g/mol. The lowest BCUT2D eigenvalue weighted by atomic mass is 10.1. The zero-order valence-corrected chi connectivity index (χ0v) is 15.2. The molecule has 2 heterocycles. The number of ketones is 1. The van der Waals surface area contributed by atoms with Crippen molar-refractivity contribution < 1.29 is 14.3 Å². The van der Waals surface area contributed by atoms with Crippen molar-refractivity contribution in [1.82, 2.24) is 9.97 Å². The summed E-state index contributed by atoms with van der Waals surface area (Å²) in [6.07, 6.45) is 1.85. The first-order chi connectivity index (χ1) is 13.1. The van der Waals surface area contributed by atoms with Gasteiger partial charge in [-0.15, -0.1) is 0 Å². The number of esters is 1. The molecule has 0 aliphatic rings. The van der Waals surface area contributed by atoms with E-state index in [0.717, 1.165) is 10.8 Å². The van der Waals surface area contributed by atoms with E-state index in [2.05, 4.69) is 9.97 Å². The van der Waals surface area contributed by atoms with Gasteiger partial charge in [-0.05, 0) is 29.7 Å². The number of benzene rings is 2. The molecule has 4 aromatic rings. The number of fused-ring (bicyclic) bond motifs is 2. The first kappa shape index (κ1) is 17.2. The van der Waals surface area contributed by atoms with Crippen LogP contribution in [0.2, 0.25) is 5.02 Å². The molecule has 0 fully saturated rings. The standard InChI is InChI=1S/C21H15ClN2O3/c1-2-18(25)27-21-15-8-7-14(22)10-16(15)24-19(21)20(26)17-9-12-5-3-4-6-13(12)11-23-17/h3-11,24H,2H2,1H3. The zero-order valence-electron chi connectivity index (χ0n) is 14.5. The molecule has 0 atom stereocenters. The molecule has 134 valence electrons. The van der Waals surface area contributed by atoms with Gasteiger partial charge in [0.05, 0.1) is 5.52 Å². The number of rotatable bonds is 4. The molecule has 0 radical (unpaired) electrons. The SMILES string of the molecule is CCC(=O)Oc1c(C(=O)c2cc3ccccc3cn2)[nH]c2cc(Cl)ccc12. The van der Waals surface area contributed by atoms with E-state index < -0.39 is 5.97 Å². The second-order valence-electron chi connectivity index (χ2n) is 6.09. The van der Waals surface area contributed by atoms with Gasteiger partial charge in [0.25, 0.3) is 0 Å². The Labute approximate surface area is 159 Å². The van der Waals surface area contributed by atoms with Gasteiger partial charge in [0, 0.05) is 28.4 Å². The van der Waals surface area contributed by atoms with E-state index in [1.54, 1.807) is 37.4 Å². The van der Waals surface area contributed by atoms with Crippen LogP contribution in [0.25, 0.3) is 21.7 Å². The lowest BCUT2D eigenvalue weighted by Gasteiger charge is -2.05. The van der Waals surface area contributed by atoms with Crippen molar-refractivity contribution in [1.29, 1.82) is 0 Å². The number of pyridine rings is 1. The van der Waals surface area contributed by atoms with E-state index >= 15 is 0 Å². The van der Waals surface area contributed by atoms with Crippen molar-refractivity contribution >= 4 is 45.0 Å². The van der Waals surface area contributed by atoms with Gasteiger partial charge in [-0.3, -0.25) is 14.6 Å². The van der Waals surface area contributed by atoms with Gasteiger partial charge in [0.2, 0.25) is 5.78 Å². The normalized spacial score (nSPS) is 11.0. The zero-order chi connectivity index (χ0) is 19.0. The van der Waals surface area contributed by atoms with Gasteiger partial charge >= 0.3 is 5.97 Å². The fourth-order valence-corrected chi connectivity index (χ4v) is 3.10. The first-order valence-corrected chi connectivity index (χ1v) is 8.86. The first-order valence-electron chi connectivity index (χ1n) is 8.48. The Hall–Kier alpha value is -3.18. The number of hydrogen-bond acceptors (Lipinski definition) is 4. The van der Waals surface area contributed by atoms with Crippen LogP contribution in [0.3, 0.4) is 0 Å². The van der Waals surface area contributed by atoms with E-state index in [0.29, 0.717) is 15.9 Å². The van der Waals surface area contributed by atoms with Crippen molar-refractivity contribution in [2.24, 2.45) is 0 Å². The van der Waals surface area contributed by atoms with Gasteiger partial charge in [-0.25, -0.2) is 0 Å². The number of carbonyl (C=O) groups excluding carboxylic acids is 2. The molecule has 6 heteroatoms. The minimum atomic E-state index is -0.425. The minimum Gasteiger partial charge on any atom is -0.423 e. The Morgan fingerprint density at radius 1 is 1.11 bits per heavy atom. The monoisotopic (exact) mass is 378 g/mol. The number of hydrogen-bond donors (Lipinski definition) is 1. The summed E-state index contributed by atoms with van der Waals surface area (Å²) < 4.78 is 5.46. The lowest BCUT2D eigenvalue weighted by molar-refractivity contribution is -0.133. The van der Waals surface area contributed by atoms with Crippen LogP contribution in [-0.2, 0) is 4.79 Å². The number of halogens is 1. The van der Waals surface area contributed by atoms with Gasteiger partial charge < -0.3 is 9.72 Å². The molecule has 0 unspecified atom stereocenters. The van der Waals surface area contributed by atoms with Gasteiger partial charge in [0.1, 0.15) is 11.4 Å². The van der Waals surface area contributed by atoms with Crippen LogP contribution >= 0.6 is 11.6 Å². The lowest BCUT2D eigenvalue weighted by Crippen LogP contribution is -2.11. The Morgan fingerprint density at radius 3 is 2.67 bits per heavy atom. The molecule has 0 saturated carbocycles. The third-order valence-electron chi connectivity index (χ3n) is 4.31. The summed E-state index contributed by atoms with van der Waals surface area (Å²) in [7, 11) is 0. The van der Waals surface area contributed by atoms with Gasteiger partial charge in [0.15, 0.2) is 5.75 Å². The molecule has 5 nitrogen and oxygen atoms in total. The van der Waals surface area contributed by atoms with Crippen LogP contribution in [0.4, 0.5) is 0 Å². The van der Waals surface area contributed by atoms with E-state index in [-0.39, 0.29) is 29.3 Å². The summed E-state index contributed by atoms with van der Waals surface area (Å²) in [4.78, 5) is 32.3. The molecular formula is C21H15ClN2O3. The highest BCUT2D eigenvalue weighted by molar-refractivity contribution is 6.31. The van der Waals surface area contributed by atoms with Crippen LogP contribution in [-0.4, -0.2) is 21.7 Å². The minimum absolute atomic E-state index is 0.178. The Kier molecular flexibility index (Phi) is 4.38. The number of ether oxygens (including phenoxy) is 1. The number of nitrogens with one attached hydrogen (secondary N) is 1. The van der Waals surface area contributed by atoms with Crippen molar-refractivity contribution in [2.45, 2.75) is 13.3 Å². The second kappa shape index (κ2) is 6.85. The molecule has 27 heavy (non-hydrogen) atoms. The highest BCUT2D eigenvalue weighted by Gasteiger charge is 2.23. The van der Waals surface area contributed by atoms with Crippen LogP contribution in [0.1, 0.15) is 29.5 Å². The van der Waals surface area contributed by atoms with E-state index in [4.69, 9.17) is 16.3 Å². The fourth-order valence-electron chi connectivity index (χ4n) is 2.93. The topological polar surface area (TPSA) is 72.1 Å². The largest absolute Gasteiger partial charge is 0.423 e. The number of aromatic amines is 1. The Morgan fingerprint density at radius 2 is 1.89 bits per heavy atom. The molecule has 0 bridgehead atoms. The smallest absolute Gasteiger partial charge is 0.310 e. The number of H-pyrrole nitrogens is 1. The van der Waals surface area contributed by atoms with E-state index in [9.17, 15) is 9.59 Å². The quantitative estimate of drug-likeness (QED) is 0.404. The molecule has 4 rings (SSSR count). The van der Waals surface area contributed by atoms with Crippen LogP contribution in [0, 0.1) is 0 Å². The van der Waals surface area contributed by atoms with Crippen LogP contribution in [0.5, 0.6) is 5.75 Å². The molecular weight excluding hydrogens is 364 g/mol. The molecule has 1 N–H and O–H groups in total. The maximum absolute atomic E-state index is 13.1. The predicted molar refractivity (Wildman–Crippen MR) is 104 cm³/mol. The Balaban J connectivity index is 1.86. The second-order valence-corrected chi connectivity index (χ2v) is 6.53. The molecule has 0 aliphatic carbocycles. The van der Waals surface area contributed by atoms with Crippen LogP contribution in [0.15, 0.2) is 54.7 Å². The molecule has 0 amide bonds. The maximum atomic E-state index is 13.1. The van der Waals surface area contributed by atoms with Gasteiger partial charge in [-0.1, -0.05) is 42.8 Å². The predicted octanol–water partition coefficient (Wildman–Crippen LogP) is 4.92. The van der Waals surface area contributed by atoms with Crippen molar-refractivity contribution in [3.8, 4) is 5.75 Å². The van der Waals surface area contributed by atoms with E-state index in [1.165, 1.54) is 0 Å². The average Bonchev–Trinajstić information content (AvgIpc) is 3.04. The maximum Gasteiger partial charge on any atom is 0.310 e. The summed E-state index contributed by atoms with van der Waals surface area (Å²) in [5, 5.41) is 2.97. The fraction of sp³-hybridized carbons (Fsp3) is 0.0952. The number of aromatic nitrogens is 2. The summed E-state index contributed by atoms with van der Waals surface area (Å²) in [5.74, 6) is -0.577. The third kappa shape index (κ3) is 3.17. The molecule has 0 spiro atoms. The van der Waals surface area contributed by atoms with E-state index in [1.807, 2.05) is 24.3 Å². The van der Waals surface area contributed by atoms with Crippen molar-refractivity contribution in [2.75, 3.05) is 0 Å². The van der Waals surface area contributed by atoms with Crippen LogP contribution < -0.4 is 4.74 Å². The summed E-state index contributed by atoms with van der Waals surface area (Å²) in [6.45, 7) is 1.69. The molecule has 2 aromatic carbocycles. The Bertz CT molecular complexity index is 1200. The third-order valence-corrected chi connectivity index (χ3v) is 4.54. The molecule has 0 saturated heterocycles. The summed E-state index contributed by atoms with van der Waals surface area (Å²) in [5.41, 5.74) is 1.06. The summed E-state index contributed by atoms with van der Waals surface area (Å²) in [6, 6.07) is 14.5. The number of nitrogens with zero attached hydrogens (tertiary/aromatic N) is 1. The highest BCUT2D eigenvalue weighted by atomic mass is 35.5. The molecule has 2 aromatic heterocycles. The number of carbonyl (C=O) groups is 2. The van der Waals surface area contributed by atoms with Crippen molar-refractivity contribution in [3.63, 3.8) is 0 Å². The summed E-state index contributed by atoms with van der Waals surface area (Å²) >= 11 is 6.05. The highest BCUT2D eigenvalue weighted by Crippen LogP contribution is 2.33. The van der Waals surface area contributed by atoms with Gasteiger partial charge in [-0.2, -0.15) is 0 Å². The van der Waals surface area contributed by atoms with Crippen molar-refractivity contribution in [3.05, 3.63) is 71.1 Å².